The summed E-state index contributed by atoms with van der Waals surface area (Å²) in [6.45, 7) is 12.8. The lowest BCUT2D eigenvalue weighted by atomic mass is 9.63. The molecule has 3 fully saturated rings. The highest BCUT2D eigenvalue weighted by Gasteiger charge is 2.50. The Labute approximate surface area is 194 Å². The van der Waals surface area contributed by atoms with Crippen molar-refractivity contribution in [3.8, 4) is 0 Å². The van der Waals surface area contributed by atoms with Crippen LogP contribution in [0.25, 0.3) is 0 Å². The Balaban J connectivity index is 1.66. The highest BCUT2D eigenvalue weighted by atomic mass is 32.2. The smallest absolute Gasteiger partial charge is 0.0811 e. The third-order valence-corrected chi connectivity index (χ3v) is 9.56. The molecule has 0 aliphatic heterocycles. The van der Waals surface area contributed by atoms with Crippen LogP contribution in [0.1, 0.15) is 85.5 Å². The first kappa shape index (κ1) is 25.1. The lowest BCUT2D eigenvalue weighted by molar-refractivity contribution is 0.0705. The molecule has 0 radical (unpaired) electrons. The number of fused-ring (bicyclic) bond motifs is 1. The molecule has 3 saturated carbocycles. The summed E-state index contributed by atoms with van der Waals surface area (Å²) in [5, 5.41) is 30.8. The van der Waals surface area contributed by atoms with E-state index in [2.05, 4.69) is 44.3 Å². The van der Waals surface area contributed by atoms with E-state index in [1.807, 2.05) is 13.8 Å². The summed E-state index contributed by atoms with van der Waals surface area (Å²) in [6, 6.07) is 0. The summed E-state index contributed by atoms with van der Waals surface area (Å²) in [6.07, 6.45) is 12.6. The molecule has 3 nitrogen and oxygen atoms in total. The highest BCUT2D eigenvalue weighted by molar-refractivity contribution is 7.99. The van der Waals surface area contributed by atoms with E-state index in [1.165, 1.54) is 32.1 Å². The van der Waals surface area contributed by atoms with E-state index in [0.29, 0.717) is 29.4 Å². The van der Waals surface area contributed by atoms with Crippen molar-refractivity contribution in [2.75, 3.05) is 5.75 Å². The molecule has 4 heteroatoms. The zero-order chi connectivity index (χ0) is 22.8. The molecule has 0 spiro atoms. The minimum atomic E-state index is -0.616. The first-order valence-corrected chi connectivity index (χ1v) is 13.3. The van der Waals surface area contributed by atoms with E-state index < -0.39 is 17.8 Å². The Hall–Kier alpha value is -0.550. The van der Waals surface area contributed by atoms with E-state index in [1.54, 1.807) is 5.57 Å². The van der Waals surface area contributed by atoms with Gasteiger partial charge in [0.15, 0.2) is 0 Å². The van der Waals surface area contributed by atoms with E-state index >= 15 is 0 Å². The van der Waals surface area contributed by atoms with Gasteiger partial charge in [0.2, 0.25) is 0 Å². The van der Waals surface area contributed by atoms with Crippen LogP contribution >= 0.6 is 11.8 Å². The Morgan fingerprint density at radius 1 is 1.26 bits per heavy atom. The minimum Gasteiger partial charge on any atom is -0.393 e. The van der Waals surface area contributed by atoms with Crippen molar-refractivity contribution >= 4 is 11.8 Å². The van der Waals surface area contributed by atoms with Crippen molar-refractivity contribution < 1.29 is 15.3 Å². The molecule has 0 heterocycles. The molecular weight excluding hydrogens is 404 g/mol. The maximum Gasteiger partial charge on any atom is 0.0811 e. The Kier molecular flexibility index (Phi) is 8.22. The quantitative estimate of drug-likeness (QED) is 0.431. The molecule has 0 aromatic rings. The zero-order valence-corrected chi connectivity index (χ0v) is 20.9. The maximum atomic E-state index is 10.1. The molecular formula is C27H44O3S. The van der Waals surface area contributed by atoms with Crippen LogP contribution in [0.3, 0.4) is 0 Å². The number of aliphatic hydroxyl groups excluding tert-OH is 2. The molecule has 0 aromatic heterocycles. The second-order valence-corrected chi connectivity index (χ2v) is 12.6. The van der Waals surface area contributed by atoms with Gasteiger partial charge in [-0.3, -0.25) is 0 Å². The van der Waals surface area contributed by atoms with E-state index in [4.69, 9.17) is 0 Å². The van der Waals surface area contributed by atoms with Gasteiger partial charge in [0.1, 0.15) is 0 Å². The average molecular weight is 449 g/mol. The van der Waals surface area contributed by atoms with Gasteiger partial charge in [0.05, 0.1) is 17.8 Å². The lowest BCUT2D eigenvalue weighted by Gasteiger charge is -2.44. The third-order valence-electron chi connectivity index (χ3n) is 8.18. The third kappa shape index (κ3) is 6.07. The van der Waals surface area contributed by atoms with Gasteiger partial charge in [-0.05, 0) is 99.4 Å². The fourth-order valence-corrected chi connectivity index (χ4v) is 7.77. The van der Waals surface area contributed by atoms with Crippen LogP contribution in [0.2, 0.25) is 0 Å². The van der Waals surface area contributed by atoms with Crippen molar-refractivity contribution in [3.63, 3.8) is 0 Å². The van der Waals surface area contributed by atoms with Gasteiger partial charge >= 0.3 is 0 Å². The van der Waals surface area contributed by atoms with E-state index in [9.17, 15) is 15.3 Å². The van der Waals surface area contributed by atoms with Crippen LogP contribution in [0.15, 0.2) is 35.5 Å². The number of hydrogen-bond donors (Lipinski definition) is 3. The molecule has 0 saturated heterocycles. The summed E-state index contributed by atoms with van der Waals surface area (Å²) < 4.78 is 0. The molecule has 0 unspecified atom stereocenters. The van der Waals surface area contributed by atoms with Crippen LogP contribution < -0.4 is 0 Å². The minimum absolute atomic E-state index is 0.369. The molecule has 3 rings (SSSR count). The zero-order valence-electron chi connectivity index (χ0n) is 20.1. The highest BCUT2D eigenvalue weighted by Crippen LogP contribution is 2.59. The van der Waals surface area contributed by atoms with Crippen LogP contribution in [0.4, 0.5) is 0 Å². The molecule has 31 heavy (non-hydrogen) atoms. The molecule has 176 valence electrons. The van der Waals surface area contributed by atoms with Gasteiger partial charge < -0.3 is 15.3 Å². The Morgan fingerprint density at radius 3 is 2.71 bits per heavy atom. The first-order chi connectivity index (χ1) is 14.5. The number of thioether (sulfide) groups is 1. The monoisotopic (exact) mass is 448 g/mol. The van der Waals surface area contributed by atoms with Gasteiger partial charge in [0.25, 0.3) is 0 Å². The van der Waals surface area contributed by atoms with Gasteiger partial charge in [-0.1, -0.05) is 38.2 Å². The van der Waals surface area contributed by atoms with Crippen LogP contribution in [0.5, 0.6) is 0 Å². The number of aliphatic hydroxyl groups is 3. The van der Waals surface area contributed by atoms with Crippen LogP contribution in [0, 0.1) is 17.3 Å². The summed E-state index contributed by atoms with van der Waals surface area (Å²) in [5.41, 5.74) is 3.16. The summed E-state index contributed by atoms with van der Waals surface area (Å²) in [7, 11) is 0. The second-order valence-electron chi connectivity index (χ2n) is 11.2. The van der Waals surface area contributed by atoms with Crippen molar-refractivity contribution in [2.45, 2.75) is 109 Å². The maximum absolute atomic E-state index is 10.1. The fraction of sp³-hybridized carbons (Fsp3) is 0.778. The number of hydrogen-bond acceptors (Lipinski definition) is 4. The molecule has 0 amide bonds. The normalized spacial score (nSPS) is 38.0. The van der Waals surface area contributed by atoms with Crippen molar-refractivity contribution in [1.82, 2.24) is 0 Å². The largest absolute Gasteiger partial charge is 0.393 e. The summed E-state index contributed by atoms with van der Waals surface area (Å²) in [4.78, 5) is 0. The van der Waals surface area contributed by atoms with Gasteiger partial charge in [-0.15, -0.1) is 0 Å². The molecule has 3 N–H and O–H groups in total. The predicted molar refractivity (Wildman–Crippen MR) is 132 cm³/mol. The predicted octanol–water partition coefficient (Wildman–Crippen LogP) is 5.80. The average Bonchev–Trinajstić information content (AvgIpc) is 3.03. The van der Waals surface area contributed by atoms with Gasteiger partial charge in [-0.2, -0.15) is 11.8 Å². The summed E-state index contributed by atoms with van der Waals surface area (Å²) in [5.74, 6) is 2.52. The second kappa shape index (κ2) is 10.2. The fourth-order valence-electron chi connectivity index (χ4n) is 6.41. The number of rotatable bonds is 7. The number of allylic oxidation sites excluding steroid dienone is 3. The SMILES string of the molecule is C=C1/C(=C\C=C2/CCC[C@]3(C)[C@@H]([C@H](C)SCCCC(C)(C)O)CC[C@@H]23)C[C@@H](O)C[C@@H]1O. The Morgan fingerprint density at radius 2 is 2.00 bits per heavy atom. The van der Waals surface area contributed by atoms with Crippen molar-refractivity contribution in [3.05, 3.63) is 35.5 Å². The standard InChI is InChI=1S/C27H44O3S/c1-18-21(16-22(28)17-25(18)29)10-9-20-8-6-14-27(5)23(11-12-24(20)27)19(2)31-15-7-13-26(3,4)30/h9-10,19,22-25,28-30H,1,6-8,11-17H2,2-5H3/b20-9+,21-10-/t19-,22+,23+,24-,25-,27+/m0/s1. The van der Waals surface area contributed by atoms with Crippen molar-refractivity contribution in [1.29, 1.82) is 0 Å². The lowest BCUT2D eigenvalue weighted by Crippen LogP contribution is -2.37. The molecule has 6 atom stereocenters. The first-order valence-electron chi connectivity index (χ1n) is 12.3. The molecule has 0 bridgehead atoms. The molecule has 0 aromatic carbocycles. The van der Waals surface area contributed by atoms with Gasteiger partial charge in [0, 0.05) is 11.7 Å². The van der Waals surface area contributed by atoms with E-state index in [0.717, 1.165) is 35.7 Å². The summed E-state index contributed by atoms with van der Waals surface area (Å²) >= 11 is 2.10. The van der Waals surface area contributed by atoms with E-state index in [-0.39, 0.29) is 0 Å². The molecule has 3 aliphatic carbocycles. The van der Waals surface area contributed by atoms with Crippen LogP contribution in [-0.4, -0.2) is 44.1 Å². The Bertz CT molecular complexity index is 704. The van der Waals surface area contributed by atoms with Crippen molar-refractivity contribution in [2.24, 2.45) is 17.3 Å². The topological polar surface area (TPSA) is 60.7 Å². The van der Waals surface area contributed by atoms with Crippen LogP contribution in [-0.2, 0) is 0 Å². The molecule has 3 aliphatic rings. The van der Waals surface area contributed by atoms with Gasteiger partial charge in [-0.25, -0.2) is 0 Å².